The van der Waals surface area contributed by atoms with Crippen molar-refractivity contribution in [3.8, 4) is 11.5 Å². The zero-order chi connectivity index (χ0) is 14.5. The first kappa shape index (κ1) is 15.1. The van der Waals surface area contributed by atoms with Gasteiger partial charge < -0.3 is 20.1 Å². The van der Waals surface area contributed by atoms with Crippen LogP contribution in [0.3, 0.4) is 0 Å². The molecule has 2 unspecified atom stereocenters. The van der Waals surface area contributed by atoms with Gasteiger partial charge in [0.15, 0.2) is 0 Å². The van der Waals surface area contributed by atoms with Crippen LogP contribution in [0.1, 0.15) is 31.4 Å². The molecule has 0 aromatic heterocycles. The third kappa shape index (κ3) is 3.87. The van der Waals surface area contributed by atoms with E-state index in [0.717, 1.165) is 24.4 Å². The molecule has 1 saturated heterocycles. The van der Waals surface area contributed by atoms with Crippen molar-refractivity contribution in [1.29, 1.82) is 0 Å². The Labute approximate surface area is 121 Å². The van der Waals surface area contributed by atoms with Gasteiger partial charge in [0.25, 0.3) is 0 Å². The molecule has 2 atom stereocenters. The lowest BCUT2D eigenvalue weighted by Crippen LogP contribution is -2.37. The number of ether oxygens (including phenoxy) is 1. The highest BCUT2D eigenvalue weighted by atomic mass is 16.5. The molecule has 2 N–H and O–H groups in total. The van der Waals surface area contributed by atoms with Crippen LogP contribution in [0.4, 0.5) is 0 Å². The maximum atomic E-state index is 9.98. The van der Waals surface area contributed by atoms with Crippen molar-refractivity contribution in [2.45, 2.75) is 25.8 Å². The van der Waals surface area contributed by atoms with E-state index in [1.165, 1.54) is 19.4 Å². The third-order valence-corrected chi connectivity index (χ3v) is 4.14. The van der Waals surface area contributed by atoms with Crippen LogP contribution in [0.5, 0.6) is 11.5 Å². The number of aromatic hydroxyl groups is 1. The Balaban J connectivity index is 1.92. The topological polar surface area (TPSA) is 44.7 Å². The van der Waals surface area contributed by atoms with Crippen LogP contribution < -0.4 is 10.1 Å². The van der Waals surface area contributed by atoms with Gasteiger partial charge in [-0.25, -0.2) is 0 Å². The summed E-state index contributed by atoms with van der Waals surface area (Å²) in [4.78, 5) is 2.39. The molecular weight excluding hydrogens is 252 g/mol. The van der Waals surface area contributed by atoms with Crippen molar-refractivity contribution in [2.75, 3.05) is 33.8 Å². The predicted octanol–water partition coefficient (Wildman–Crippen LogP) is 2.39. The second-order valence-corrected chi connectivity index (χ2v) is 5.83. The fourth-order valence-corrected chi connectivity index (χ4v) is 2.90. The maximum absolute atomic E-state index is 9.98. The Bertz CT molecular complexity index is 436. The summed E-state index contributed by atoms with van der Waals surface area (Å²) >= 11 is 0. The number of rotatable bonds is 5. The second kappa shape index (κ2) is 6.95. The van der Waals surface area contributed by atoms with Gasteiger partial charge in [0.05, 0.1) is 7.11 Å². The Morgan fingerprint density at radius 1 is 1.50 bits per heavy atom. The summed E-state index contributed by atoms with van der Waals surface area (Å²) in [5.74, 6) is 1.80. The molecule has 0 radical (unpaired) electrons. The average molecular weight is 278 g/mol. The van der Waals surface area contributed by atoms with Gasteiger partial charge in [-0.1, -0.05) is 0 Å². The third-order valence-electron chi connectivity index (χ3n) is 4.14. The van der Waals surface area contributed by atoms with Crippen LogP contribution in [-0.4, -0.2) is 43.8 Å². The summed E-state index contributed by atoms with van der Waals surface area (Å²) in [6.45, 7) is 5.44. The molecule has 0 spiro atoms. The van der Waals surface area contributed by atoms with E-state index in [1.807, 2.05) is 6.07 Å². The van der Waals surface area contributed by atoms with Crippen molar-refractivity contribution in [3.63, 3.8) is 0 Å². The number of methoxy groups -OCH3 is 1. The molecule has 1 aliphatic rings. The van der Waals surface area contributed by atoms with Gasteiger partial charge in [-0.15, -0.1) is 0 Å². The van der Waals surface area contributed by atoms with Crippen LogP contribution in [0, 0.1) is 5.92 Å². The molecule has 0 bridgehead atoms. The van der Waals surface area contributed by atoms with Gasteiger partial charge in [-0.2, -0.15) is 0 Å². The number of phenolic OH excluding ortho intramolecular Hbond substituents is 1. The van der Waals surface area contributed by atoms with Gasteiger partial charge in [0.1, 0.15) is 11.5 Å². The number of hydrogen-bond acceptors (Lipinski definition) is 4. The molecule has 1 aromatic carbocycles. The monoisotopic (exact) mass is 278 g/mol. The van der Waals surface area contributed by atoms with Gasteiger partial charge >= 0.3 is 0 Å². The minimum absolute atomic E-state index is 0.123. The summed E-state index contributed by atoms with van der Waals surface area (Å²) in [5.41, 5.74) is 0.897. The average Bonchev–Trinajstić information content (AvgIpc) is 2.45. The van der Waals surface area contributed by atoms with Gasteiger partial charge in [-0.05, 0) is 64.0 Å². The molecule has 4 heteroatoms. The molecule has 1 aromatic rings. The quantitative estimate of drug-likeness (QED) is 0.868. The van der Waals surface area contributed by atoms with E-state index in [4.69, 9.17) is 4.74 Å². The summed E-state index contributed by atoms with van der Waals surface area (Å²) in [6, 6.07) is 5.50. The van der Waals surface area contributed by atoms with E-state index in [9.17, 15) is 5.11 Å². The minimum atomic E-state index is 0.123. The number of piperidine rings is 1. The van der Waals surface area contributed by atoms with Gasteiger partial charge in [0.2, 0.25) is 0 Å². The van der Waals surface area contributed by atoms with Crippen LogP contribution in [0.15, 0.2) is 18.2 Å². The first-order chi connectivity index (χ1) is 9.60. The smallest absolute Gasteiger partial charge is 0.120 e. The Kier molecular flexibility index (Phi) is 5.26. The summed E-state index contributed by atoms with van der Waals surface area (Å²) in [5, 5.41) is 13.5. The minimum Gasteiger partial charge on any atom is -0.508 e. The van der Waals surface area contributed by atoms with E-state index in [-0.39, 0.29) is 6.04 Å². The summed E-state index contributed by atoms with van der Waals surface area (Å²) in [7, 11) is 3.83. The van der Waals surface area contributed by atoms with E-state index in [1.54, 1.807) is 19.2 Å². The number of benzene rings is 1. The molecule has 1 heterocycles. The normalized spacial score (nSPS) is 21.6. The molecule has 0 saturated carbocycles. The van der Waals surface area contributed by atoms with E-state index >= 15 is 0 Å². The van der Waals surface area contributed by atoms with Crippen LogP contribution >= 0.6 is 0 Å². The highest BCUT2D eigenvalue weighted by molar-refractivity contribution is 5.41. The molecule has 0 aliphatic carbocycles. The largest absolute Gasteiger partial charge is 0.508 e. The standard InChI is InChI=1S/C16H26N2O2/c1-12(15-9-14(20-3)6-7-16(15)19)17-10-13-5-4-8-18(2)11-13/h6-7,9,12-13,17,19H,4-5,8,10-11H2,1-3H3. The van der Waals surface area contributed by atoms with Crippen molar-refractivity contribution in [1.82, 2.24) is 10.2 Å². The molecule has 1 fully saturated rings. The predicted molar refractivity (Wildman–Crippen MR) is 81.3 cm³/mol. The number of likely N-dealkylation sites (tertiary alicyclic amines) is 1. The SMILES string of the molecule is COc1ccc(O)c(C(C)NCC2CCCN(C)C2)c1. The van der Waals surface area contributed by atoms with Crippen molar-refractivity contribution in [3.05, 3.63) is 23.8 Å². The zero-order valence-corrected chi connectivity index (χ0v) is 12.7. The van der Waals surface area contributed by atoms with Gasteiger partial charge in [0, 0.05) is 18.2 Å². The number of phenols is 1. The molecule has 0 amide bonds. The molecule has 4 nitrogen and oxygen atoms in total. The van der Waals surface area contributed by atoms with E-state index in [0.29, 0.717) is 11.7 Å². The number of nitrogens with one attached hydrogen (secondary N) is 1. The lowest BCUT2D eigenvalue weighted by Gasteiger charge is -2.30. The van der Waals surface area contributed by atoms with E-state index < -0.39 is 0 Å². The van der Waals surface area contributed by atoms with Crippen molar-refractivity contribution >= 4 is 0 Å². The zero-order valence-electron chi connectivity index (χ0n) is 12.7. The van der Waals surface area contributed by atoms with Crippen LogP contribution in [0.25, 0.3) is 0 Å². The van der Waals surface area contributed by atoms with Crippen molar-refractivity contribution < 1.29 is 9.84 Å². The Morgan fingerprint density at radius 2 is 2.30 bits per heavy atom. The molecule has 2 rings (SSSR count). The van der Waals surface area contributed by atoms with Crippen LogP contribution in [-0.2, 0) is 0 Å². The summed E-state index contributed by atoms with van der Waals surface area (Å²) < 4.78 is 5.22. The Hall–Kier alpha value is -1.26. The molecule has 20 heavy (non-hydrogen) atoms. The highest BCUT2D eigenvalue weighted by Gasteiger charge is 2.18. The number of hydrogen-bond donors (Lipinski definition) is 2. The fraction of sp³-hybridized carbons (Fsp3) is 0.625. The van der Waals surface area contributed by atoms with E-state index in [2.05, 4.69) is 24.2 Å². The first-order valence-corrected chi connectivity index (χ1v) is 7.39. The second-order valence-electron chi connectivity index (χ2n) is 5.83. The van der Waals surface area contributed by atoms with Crippen LogP contribution in [0.2, 0.25) is 0 Å². The lowest BCUT2D eigenvalue weighted by atomic mass is 9.97. The van der Waals surface area contributed by atoms with Gasteiger partial charge in [-0.3, -0.25) is 0 Å². The Morgan fingerprint density at radius 3 is 3.00 bits per heavy atom. The molecule has 112 valence electrons. The maximum Gasteiger partial charge on any atom is 0.120 e. The highest BCUT2D eigenvalue weighted by Crippen LogP contribution is 2.28. The first-order valence-electron chi connectivity index (χ1n) is 7.39. The lowest BCUT2D eigenvalue weighted by molar-refractivity contribution is 0.203. The number of nitrogens with zero attached hydrogens (tertiary/aromatic N) is 1. The fourth-order valence-electron chi connectivity index (χ4n) is 2.90. The summed E-state index contributed by atoms with van der Waals surface area (Å²) in [6.07, 6.45) is 2.57. The molecular formula is C16H26N2O2. The van der Waals surface area contributed by atoms with Crippen molar-refractivity contribution in [2.24, 2.45) is 5.92 Å². The molecule has 1 aliphatic heterocycles.